The molecule has 1 amide bonds. The molecule has 22 heteroatoms. The van der Waals surface area contributed by atoms with Gasteiger partial charge in [-0.25, -0.2) is 0 Å². The van der Waals surface area contributed by atoms with Crippen LogP contribution in [-0.2, 0) is 36.7 Å². The Hall–Kier alpha value is -5.21. The quantitative estimate of drug-likeness (QED) is 0.101. The number of halogens is 3. The number of unbranched alkanes of at least 4 members (excludes halogenated alkanes) is 1. The van der Waals surface area contributed by atoms with E-state index in [2.05, 4.69) is 16.4 Å². The third-order valence-corrected chi connectivity index (χ3v) is 11.9. The van der Waals surface area contributed by atoms with Crippen LogP contribution in [0, 0.1) is 48.2 Å². The monoisotopic (exact) mass is 1140 g/mol. The molecule has 5 N–H and O–H groups in total. The van der Waals surface area contributed by atoms with Crippen molar-refractivity contribution < 1.29 is 99.2 Å². The maximum absolute atomic E-state index is 14.8. The number of hydrogen-bond donors (Lipinski definition) is 5. The summed E-state index contributed by atoms with van der Waals surface area (Å²) in [5.41, 5.74) is 0.545. The molecule has 2 aromatic carbocycles. The minimum atomic E-state index is -4.82. The Labute approximate surface area is 433 Å². The summed E-state index contributed by atoms with van der Waals surface area (Å²) >= 11 is 0. The van der Waals surface area contributed by atoms with E-state index in [1.54, 1.807) is 42.7 Å². The third kappa shape index (κ3) is 18.5. The second-order valence-corrected chi connectivity index (χ2v) is 17.0. The number of piperidine rings is 1. The number of ether oxygens (including phenoxy) is 1. The second-order valence-electron chi connectivity index (χ2n) is 17.0. The Kier molecular flexibility index (Phi) is 23.4. The third-order valence-electron chi connectivity index (χ3n) is 11.9. The average Bonchev–Trinajstić information content (AvgIpc) is 3.30. The number of likely N-dealkylation sites (tertiary alicyclic amines) is 1. The van der Waals surface area contributed by atoms with Gasteiger partial charge >= 0.3 is 30.1 Å². The molecule has 1 atom stereocenters. The van der Waals surface area contributed by atoms with E-state index < -0.39 is 41.7 Å². The number of aliphatic carboxylic acids is 4. The van der Waals surface area contributed by atoms with Crippen molar-refractivity contribution in [1.29, 1.82) is 5.26 Å². The molecule has 0 unspecified atom stereocenters. The Morgan fingerprint density at radius 2 is 1.34 bits per heavy atom. The van der Waals surface area contributed by atoms with Crippen LogP contribution in [-0.4, -0.2) is 184 Å². The van der Waals surface area contributed by atoms with Gasteiger partial charge in [-0.1, -0.05) is 42.8 Å². The van der Waals surface area contributed by atoms with Crippen LogP contribution < -0.4 is 10.1 Å². The molecule has 0 aliphatic carbocycles. The number of rotatable bonds is 20. The predicted octanol–water partition coefficient (Wildman–Crippen LogP) is 4.00. The van der Waals surface area contributed by atoms with Crippen LogP contribution in [0.25, 0.3) is 23.3 Å². The van der Waals surface area contributed by atoms with Gasteiger partial charge < -0.3 is 30.5 Å². The molecule has 2 aliphatic heterocycles. The number of carbonyl (C=O) groups excluding carboxylic acids is 1. The Bertz CT molecular complexity index is 2290. The number of benzene rings is 2. The first-order valence-electron chi connectivity index (χ1n) is 22.8. The largest absolute Gasteiger partial charge is 0.493 e. The number of aromatic nitrogens is 1. The second kappa shape index (κ2) is 28.6. The minimum Gasteiger partial charge on any atom is -0.493 e. The molecule has 2 fully saturated rings. The summed E-state index contributed by atoms with van der Waals surface area (Å²) in [6.07, 6.45) is 1.70. The van der Waals surface area contributed by atoms with E-state index in [1.165, 1.54) is 24.4 Å². The van der Waals surface area contributed by atoms with Crippen molar-refractivity contribution in [2.45, 2.75) is 50.9 Å². The minimum absolute atomic E-state index is 0. The molecule has 2 saturated heterocycles. The van der Waals surface area contributed by atoms with Crippen LogP contribution in [0.3, 0.4) is 0 Å². The van der Waals surface area contributed by atoms with Crippen molar-refractivity contribution in [3.05, 3.63) is 82.7 Å². The average molecular weight is 1140 g/mol. The van der Waals surface area contributed by atoms with E-state index in [-0.39, 0.29) is 169 Å². The molecule has 1 aromatic heterocycles. The van der Waals surface area contributed by atoms with Gasteiger partial charge in [-0.2, -0.15) is 18.4 Å². The van der Waals surface area contributed by atoms with Crippen LogP contribution in [0.2, 0.25) is 0 Å². The van der Waals surface area contributed by atoms with E-state index in [1.807, 2.05) is 18.2 Å². The molecular weight excluding hydrogens is 1080 g/mol. The van der Waals surface area contributed by atoms with Gasteiger partial charge in [0.05, 0.1) is 49.6 Å². The van der Waals surface area contributed by atoms with Gasteiger partial charge in [-0.15, -0.1) is 0 Å². The molecule has 70 heavy (non-hydrogen) atoms. The number of amides is 1. The van der Waals surface area contributed by atoms with E-state index in [0.717, 1.165) is 11.6 Å². The first-order valence-corrected chi connectivity index (χ1v) is 22.8. The molecule has 3 heterocycles. The van der Waals surface area contributed by atoms with Crippen molar-refractivity contribution in [3.8, 4) is 22.9 Å². The molecule has 0 saturated carbocycles. The van der Waals surface area contributed by atoms with Gasteiger partial charge in [0.15, 0.2) is 0 Å². The van der Waals surface area contributed by atoms with E-state index in [9.17, 15) is 62.8 Å². The molecule has 387 valence electrons. The zero-order valence-corrected chi connectivity index (χ0v) is 40.2. The van der Waals surface area contributed by atoms with Gasteiger partial charge in [0, 0.05) is 120 Å². The van der Waals surface area contributed by atoms with Crippen molar-refractivity contribution in [3.63, 3.8) is 0 Å². The van der Waals surface area contributed by atoms with Crippen molar-refractivity contribution in [1.82, 2.24) is 34.8 Å². The van der Waals surface area contributed by atoms with Gasteiger partial charge in [-0.3, -0.25) is 53.5 Å². The maximum Gasteiger partial charge on any atom is 0.417 e. The van der Waals surface area contributed by atoms with Crippen LogP contribution in [0.15, 0.2) is 54.7 Å². The summed E-state index contributed by atoms with van der Waals surface area (Å²) in [4.78, 5) is 72.8. The van der Waals surface area contributed by atoms with E-state index in [4.69, 9.17) is 4.74 Å². The number of nitrogens with zero attached hydrogens (tertiary/aromatic N) is 7. The van der Waals surface area contributed by atoms with Crippen LogP contribution >= 0.6 is 0 Å². The number of carbonyl (C=O) groups is 5. The maximum atomic E-state index is 14.8. The number of carboxylic acid groups (broad SMARTS) is 4. The normalized spacial score (nSPS) is 17.4. The molecule has 2 aliphatic rings. The number of pyridine rings is 1. The summed E-state index contributed by atoms with van der Waals surface area (Å²) < 4.78 is 50.6. The van der Waals surface area contributed by atoms with Gasteiger partial charge in [-0.05, 0) is 67.6 Å². The summed E-state index contributed by atoms with van der Waals surface area (Å²) in [7, 11) is 0. The number of alkyl halides is 3. The number of nitriles is 1. The molecule has 0 spiro atoms. The van der Waals surface area contributed by atoms with Crippen LogP contribution in [0.5, 0.6) is 5.75 Å². The molecular formula is C48H59F3LuN8O10. The SMILES string of the molecule is N#Cc1c(-c2ccccc2)ccnc1/C=C/c1cc(OCCCCNC(=O)CN2CCN(CC(=O)O)CCN(CC(=O)O)CCN(CC(=O)O)CC2)c(CN2CCCC[C@H]2C(=O)O)cc1C(F)(F)F.[Lu]. The van der Waals surface area contributed by atoms with Crippen LogP contribution in [0.4, 0.5) is 13.2 Å². The summed E-state index contributed by atoms with van der Waals surface area (Å²) in [5.74, 6) is -4.49. The Morgan fingerprint density at radius 3 is 1.87 bits per heavy atom. The zero-order valence-electron chi connectivity index (χ0n) is 38.5. The zero-order chi connectivity index (χ0) is 49.9. The first-order chi connectivity index (χ1) is 33.0. The first kappa shape index (κ1) is 57.4. The van der Waals surface area contributed by atoms with E-state index in [0.29, 0.717) is 44.2 Å². The number of nitrogens with one attached hydrogen (secondary N) is 1. The van der Waals surface area contributed by atoms with E-state index >= 15 is 0 Å². The summed E-state index contributed by atoms with van der Waals surface area (Å²) in [6, 6.07) is 14.2. The summed E-state index contributed by atoms with van der Waals surface area (Å²) in [5, 5.41) is 51.3. The van der Waals surface area contributed by atoms with Gasteiger partial charge in [0.25, 0.3) is 0 Å². The topological polar surface area (TPSA) is 240 Å². The van der Waals surface area contributed by atoms with Crippen molar-refractivity contribution >= 4 is 41.9 Å². The molecule has 3 aromatic rings. The number of hydrogen-bond acceptors (Lipinski definition) is 13. The fraction of sp³-hybridized carbons (Fsp3) is 0.479. The smallest absolute Gasteiger partial charge is 0.417 e. The fourth-order valence-corrected chi connectivity index (χ4v) is 8.39. The molecule has 0 bridgehead atoms. The van der Waals surface area contributed by atoms with Crippen LogP contribution in [0.1, 0.15) is 60.1 Å². The standard InChI is InChI=1S/C48H59F3N8O10.Lu/c49-48(50,51)39-26-36(29-59-16-6-4-10-41(59)47(67)68)42(27-35(39)11-12-40-38(28-52)37(13-15-53-40)34-8-2-1-3-9-34)69-25-7-5-14-54-43(60)30-55-17-19-56(31-44(61)62)21-23-58(33-46(65)66)24-22-57(20-18-55)32-45(63)64;/h1-3,8-9,11-13,15,26-27,41H,4-7,10,14,16-25,29-33H2,(H,54,60)(H,61,62)(H,63,64)(H,65,66)(H,67,68);/b12-11+;/t41-;/m0./s1. The molecule has 1 radical (unpaired) electrons. The van der Waals surface area contributed by atoms with Crippen molar-refractivity contribution in [2.24, 2.45) is 0 Å². The van der Waals surface area contributed by atoms with Gasteiger partial charge in [0.1, 0.15) is 17.9 Å². The fourth-order valence-electron chi connectivity index (χ4n) is 8.39. The Morgan fingerprint density at radius 1 is 0.771 bits per heavy atom. The summed E-state index contributed by atoms with van der Waals surface area (Å²) in [6.45, 7) is 1.49. The molecule has 5 rings (SSSR count). The van der Waals surface area contributed by atoms with Gasteiger partial charge in [0.2, 0.25) is 5.91 Å². The molecule has 18 nitrogen and oxygen atoms in total. The predicted molar refractivity (Wildman–Crippen MR) is 247 cm³/mol. The Balaban J connectivity index is 0.0000107. The number of carboxylic acids is 4. The van der Waals surface area contributed by atoms with Crippen molar-refractivity contribution in [2.75, 3.05) is 98.2 Å².